The molecule has 0 spiro atoms. The molecule has 0 aromatic heterocycles. The molecule has 2 aromatic rings. The topological polar surface area (TPSA) is 25.3 Å². The van der Waals surface area contributed by atoms with E-state index in [-0.39, 0.29) is 0 Å². The standard InChI is InChI=1S/C25H30N2/c1-6-18-10-12-22(15-20(18)8-3)24-14-17(5)25(27(24)26)23-13-11-19(7-2)21(9-4)16-23/h10-16H,6-9H2,1-5H3. The van der Waals surface area contributed by atoms with Crippen molar-refractivity contribution in [2.24, 2.45) is 0 Å². The van der Waals surface area contributed by atoms with E-state index in [0.29, 0.717) is 0 Å². The summed E-state index contributed by atoms with van der Waals surface area (Å²) in [7, 11) is 0. The summed E-state index contributed by atoms with van der Waals surface area (Å²) in [5, 5.41) is 0. The molecule has 0 fully saturated rings. The molecule has 1 heterocycles. The minimum absolute atomic E-state index is 0.859. The van der Waals surface area contributed by atoms with Crippen LogP contribution in [0.3, 0.4) is 0 Å². The van der Waals surface area contributed by atoms with Crippen LogP contribution in [-0.4, -0.2) is 4.70 Å². The molecule has 0 amide bonds. The quantitative estimate of drug-likeness (QED) is 0.510. The second kappa shape index (κ2) is 8.04. The van der Waals surface area contributed by atoms with Gasteiger partial charge in [-0.25, -0.2) is 4.70 Å². The van der Waals surface area contributed by atoms with Gasteiger partial charge in [0.25, 0.3) is 0 Å². The predicted molar refractivity (Wildman–Crippen MR) is 115 cm³/mol. The van der Waals surface area contributed by atoms with Crippen molar-refractivity contribution in [3.8, 4) is 0 Å². The lowest BCUT2D eigenvalue weighted by Crippen LogP contribution is -2.04. The van der Waals surface area contributed by atoms with Crippen LogP contribution in [0.15, 0.2) is 48.0 Å². The molecule has 0 atom stereocenters. The summed E-state index contributed by atoms with van der Waals surface area (Å²) in [6, 6.07) is 13.1. The average Bonchev–Trinajstić information content (AvgIpc) is 3.00. The Bertz CT molecular complexity index is 945. The molecule has 0 radical (unpaired) electrons. The van der Waals surface area contributed by atoms with Crippen molar-refractivity contribution in [2.45, 2.75) is 60.3 Å². The molecule has 0 saturated heterocycles. The lowest BCUT2D eigenvalue weighted by Gasteiger charge is -2.13. The van der Waals surface area contributed by atoms with Crippen molar-refractivity contribution >= 4 is 11.4 Å². The summed E-state index contributed by atoms with van der Waals surface area (Å²) < 4.78 is 1.37. The zero-order chi connectivity index (χ0) is 19.6. The lowest BCUT2D eigenvalue weighted by molar-refractivity contribution is -0.344. The Hall–Kier alpha value is -2.48. The van der Waals surface area contributed by atoms with Gasteiger partial charge in [-0.3, -0.25) is 0 Å². The number of allylic oxidation sites excluding steroid dienone is 2. The Morgan fingerprint density at radius 3 is 1.70 bits per heavy atom. The minimum Gasteiger partial charge on any atom is -0.493 e. The van der Waals surface area contributed by atoms with E-state index in [0.717, 1.165) is 53.8 Å². The molecule has 0 aliphatic carbocycles. The summed E-state index contributed by atoms with van der Waals surface area (Å²) in [6.07, 6.45) is 6.19. The highest BCUT2D eigenvalue weighted by Crippen LogP contribution is 2.36. The van der Waals surface area contributed by atoms with E-state index >= 15 is 0 Å². The fraction of sp³-hybridized carbons (Fsp3) is 0.360. The van der Waals surface area contributed by atoms with Crippen molar-refractivity contribution in [1.82, 2.24) is 0 Å². The second-order valence-electron chi connectivity index (χ2n) is 7.25. The van der Waals surface area contributed by atoms with E-state index < -0.39 is 0 Å². The highest BCUT2D eigenvalue weighted by atomic mass is 15.2. The fourth-order valence-electron chi connectivity index (χ4n) is 4.08. The van der Waals surface area contributed by atoms with Gasteiger partial charge in [-0.2, -0.15) is 0 Å². The predicted octanol–water partition coefficient (Wildman–Crippen LogP) is 6.76. The highest BCUT2D eigenvalue weighted by molar-refractivity contribution is 5.78. The van der Waals surface area contributed by atoms with Gasteiger partial charge in [0.15, 0.2) is 0 Å². The molecule has 2 aromatic carbocycles. The van der Waals surface area contributed by atoms with E-state index in [9.17, 15) is 5.53 Å². The molecule has 3 rings (SSSR count). The Morgan fingerprint density at radius 2 is 1.19 bits per heavy atom. The number of nitrogens with zero attached hydrogens (tertiary/aromatic N) is 2. The molecule has 0 bridgehead atoms. The van der Waals surface area contributed by atoms with Crippen LogP contribution in [0.2, 0.25) is 0 Å². The number of hydrogen-bond donors (Lipinski definition) is 0. The third-order valence-corrected chi connectivity index (χ3v) is 5.67. The van der Waals surface area contributed by atoms with Crippen LogP contribution >= 0.6 is 0 Å². The van der Waals surface area contributed by atoms with Crippen molar-refractivity contribution in [3.63, 3.8) is 0 Å². The monoisotopic (exact) mass is 358 g/mol. The Balaban J connectivity index is 1.98. The molecular weight excluding hydrogens is 328 g/mol. The maximum Gasteiger partial charge on any atom is 0.210 e. The SMILES string of the molecule is CCc1ccc(C2=CC(C)=C(c3ccc(CC)c(CC)c3)[N+]2=[N-])cc1CC. The maximum absolute atomic E-state index is 11.0. The van der Waals surface area contributed by atoms with E-state index in [4.69, 9.17) is 0 Å². The third-order valence-electron chi connectivity index (χ3n) is 5.67. The first-order valence-corrected chi connectivity index (χ1v) is 10.2. The van der Waals surface area contributed by atoms with Crippen LogP contribution in [0.5, 0.6) is 0 Å². The van der Waals surface area contributed by atoms with Gasteiger partial charge in [0.05, 0.1) is 0 Å². The van der Waals surface area contributed by atoms with Gasteiger partial charge in [0.1, 0.15) is 0 Å². The van der Waals surface area contributed by atoms with Gasteiger partial charge >= 0.3 is 0 Å². The van der Waals surface area contributed by atoms with Crippen molar-refractivity contribution in [3.05, 3.63) is 87.0 Å². The number of hydrogen-bond acceptors (Lipinski definition) is 0. The number of benzene rings is 2. The van der Waals surface area contributed by atoms with E-state index in [1.165, 1.54) is 27.0 Å². The summed E-state index contributed by atoms with van der Waals surface area (Å²) in [5.74, 6) is 0. The Kier molecular flexibility index (Phi) is 5.74. The van der Waals surface area contributed by atoms with Gasteiger partial charge < -0.3 is 5.53 Å². The molecule has 27 heavy (non-hydrogen) atoms. The van der Waals surface area contributed by atoms with Crippen LogP contribution in [0.25, 0.3) is 16.9 Å². The van der Waals surface area contributed by atoms with E-state index in [1.54, 1.807) is 0 Å². The lowest BCUT2D eigenvalue weighted by atomic mass is 9.98. The van der Waals surface area contributed by atoms with Gasteiger partial charge in [0, 0.05) is 22.8 Å². The van der Waals surface area contributed by atoms with E-state index in [2.05, 4.69) is 77.1 Å². The fourth-order valence-corrected chi connectivity index (χ4v) is 4.08. The largest absolute Gasteiger partial charge is 0.493 e. The number of rotatable bonds is 6. The second-order valence-corrected chi connectivity index (χ2v) is 7.25. The first-order valence-electron chi connectivity index (χ1n) is 10.2. The summed E-state index contributed by atoms with van der Waals surface area (Å²) in [6.45, 7) is 10.8. The van der Waals surface area contributed by atoms with Gasteiger partial charge in [-0.1, -0.05) is 39.8 Å². The van der Waals surface area contributed by atoms with Crippen LogP contribution < -0.4 is 0 Å². The molecule has 140 valence electrons. The van der Waals surface area contributed by atoms with E-state index in [1.807, 2.05) is 0 Å². The smallest absolute Gasteiger partial charge is 0.210 e. The first-order chi connectivity index (χ1) is 13.0. The minimum atomic E-state index is 0.859. The first kappa shape index (κ1) is 19.3. The zero-order valence-corrected chi connectivity index (χ0v) is 17.3. The van der Waals surface area contributed by atoms with Crippen LogP contribution in [-0.2, 0) is 25.7 Å². The van der Waals surface area contributed by atoms with Gasteiger partial charge in [-0.15, -0.1) is 0 Å². The van der Waals surface area contributed by atoms with Crippen LogP contribution in [0.4, 0.5) is 0 Å². The number of aryl methyl sites for hydroxylation is 4. The molecule has 0 unspecified atom stereocenters. The van der Waals surface area contributed by atoms with Gasteiger partial charge in [-0.05, 0) is 79.1 Å². The van der Waals surface area contributed by atoms with Crippen LogP contribution in [0.1, 0.15) is 68.0 Å². The maximum atomic E-state index is 11.0. The van der Waals surface area contributed by atoms with Crippen molar-refractivity contribution in [1.29, 1.82) is 0 Å². The molecule has 2 nitrogen and oxygen atoms in total. The normalized spacial score (nSPS) is 14.1. The van der Waals surface area contributed by atoms with Crippen molar-refractivity contribution < 1.29 is 4.70 Å². The summed E-state index contributed by atoms with van der Waals surface area (Å²) in [5.41, 5.74) is 21.5. The zero-order valence-electron chi connectivity index (χ0n) is 17.3. The average molecular weight is 359 g/mol. The molecular formula is C25H30N2. The molecule has 1 aliphatic rings. The molecule has 0 N–H and O–H groups in total. The third kappa shape index (κ3) is 3.53. The summed E-state index contributed by atoms with van der Waals surface area (Å²) >= 11 is 0. The highest BCUT2D eigenvalue weighted by Gasteiger charge is 2.27. The Labute approximate surface area is 163 Å². The Morgan fingerprint density at radius 1 is 0.704 bits per heavy atom. The van der Waals surface area contributed by atoms with Crippen molar-refractivity contribution in [2.75, 3.05) is 0 Å². The van der Waals surface area contributed by atoms with Gasteiger partial charge in [0.2, 0.25) is 11.4 Å². The van der Waals surface area contributed by atoms with Crippen LogP contribution in [0, 0.1) is 0 Å². The summed E-state index contributed by atoms with van der Waals surface area (Å²) in [4.78, 5) is 0. The molecule has 0 saturated carbocycles. The molecule has 2 heteroatoms. The molecule has 1 aliphatic heterocycles.